The summed E-state index contributed by atoms with van der Waals surface area (Å²) in [5, 5.41) is 5.14. The molecule has 1 aromatic rings. The Morgan fingerprint density at radius 3 is 1.69 bits per heavy atom. The second-order valence-electron chi connectivity index (χ2n) is 7.35. The van der Waals surface area contributed by atoms with Gasteiger partial charge in [0.05, 0.1) is 0 Å². The van der Waals surface area contributed by atoms with Crippen LogP contribution in [-0.4, -0.2) is 56.3 Å². The van der Waals surface area contributed by atoms with E-state index >= 15 is 0 Å². The van der Waals surface area contributed by atoms with Gasteiger partial charge in [0.2, 0.25) is 5.91 Å². The van der Waals surface area contributed by atoms with Crippen molar-refractivity contribution in [1.82, 2.24) is 0 Å². The maximum absolute atomic E-state index is 12.5. The summed E-state index contributed by atoms with van der Waals surface area (Å²) in [7, 11) is 0. The lowest BCUT2D eigenvalue weighted by Gasteiger charge is -2.31. The van der Waals surface area contributed by atoms with E-state index < -0.39 is 55.8 Å². The van der Waals surface area contributed by atoms with Crippen LogP contribution < -0.4 is 10.6 Å². The van der Waals surface area contributed by atoms with Crippen LogP contribution in [0.2, 0.25) is 0 Å². The van der Waals surface area contributed by atoms with Crippen molar-refractivity contribution < 1.29 is 42.9 Å². The van der Waals surface area contributed by atoms with Crippen molar-refractivity contribution in [2.24, 2.45) is 5.41 Å². The number of ether oxygens (including phenoxy) is 4. The number of amides is 2. The van der Waals surface area contributed by atoms with Crippen molar-refractivity contribution in [3.63, 3.8) is 0 Å². The zero-order valence-electron chi connectivity index (χ0n) is 19.6. The van der Waals surface area contributed by atoms with Crippen LogP contribution in [0, 0.1) is 12.3 Å². The van der Waals surface area contributed by atoms with Crippen LogP contribution in [0.3, 0.4) is 0 Å². The lowest BCUT2D eigenvalue weighted by atomic mass is 9.92. The highest BCUT2D eigenvalue weighted by atomic mass is 16.6. The molecular formula is C24H28N2O9. The molecule has 0 bridgehead atoms. The molecule has 0 aliphatic rings. The van der Waals surface area contributed by atoms with Crippen LogP contribution >= 0.6 is 0 Å². The normalized spacial score (nSPS) is 10.2. The molecule has 1 rings (SSSR count). The molecule has 0 heterocycles. The molecule has 0 fully saturated rings. The Balaban J connectivity index is 3.07. The summed E-state index contributed by atoms with van der Waals surface area (Å²) in [5.41, 5.74) is 0.0420. The van der Waals surface area contributed by atoms with Crippen LogP contribution in [0.25, 0.3) is 0 Å². The fraction of sp³-hybridized carbons (Fsp3) is 0.292. The first-order valence-corrected chi connectivity index (χ1v) is 10.2. The van der Waals surface area contributed by atoms with Crippen molar-refractivity contribution >= 4 is 41.3 Å². The maximum atomic E-state index is 12.5. The fourth-order valence-electron chi connectivity index (χ4n) is 2.50. The van der Waals surface area contributed by atoms with Crippen molar-refractivity contribution in [2.75, 3.05) is 37.1 Å². The number of nitrogens with one attached hydrogen (secondary N) is 2. The van der Waals surface area contributed by atoms with Gasteiger partial charge in [-0.25, -0.2) is 19.2 Å². The summed E-state index contributed by atoms with van der Waals surface area (Å²) >= 11 is 0. The van der Waals surface area contributed by atoms with E-state index in [9.17, 15) is 24.0 Å². The van der Waals surface area contributed by atoms with Crippen LogP contribution in [0.4, 0.5) is 16.2 Å². The highest BCUT2D eigenvalue weighted by molar-refractivity contribution is 5.91. The molecule has 0 saturated carbocycles. The number of benzene rings is 1. The maximum Gasteiger partial charge on any atom is 0.411 e. The molecule has 0 saturated heterocycles. The Morgan fingerprint density at radius 2 is 1.26 bits per heavy atom. The predicted molar refractivity (Wildman–Crippen MR) is 126 cm³/mol. The number of esters is 3. The van der Waals surface area contributed by atoms with Gasteiger partial charge in [0.1, 0.15) is 31.8 Å². The molecule has 35 heavy (non-hydrogen) atoms. The molecule has 2 N–H and O–H groups in total. The third-order valence-electron chi connectivity index (χ3n) is 4.37. The molecule has 0 aliphatic heterocycles. The van der Waals surface area contributed by atoms with Crippen LogP contribution in [0.5, 0.6) is 0 Å². The largest absolute Gasteiger partial charge is 0.462 e. The number of rotatable bonds is 13. The van der Waals surface area contributed by atoms with E-state index in [4.69, 9.17) is 18.9 Å². The lowest BCUT2D eigenvalue weighted by Crippen LogP contribution is -2.44. The minimum absolute atomic E-state index is 0.288. The van der Waals surface area contributed by atoms with E-state index in [1.165, 1.54) is 13.0 Å². The summed E-state index contributed by atoms with van der Waals surface area (Å²) < 4.78 is 20.5. The van der Waals surface area contributed by atoms with Gasteiger partial charge in [-0.15, -0.1) is 0 Å². The van der Waals surface area contributed by atoms with E-state index in [0.29, 0.717) is 16.9 Å². The summed E-state index contributed by atoms with van der Waals surface area (Å²) in [4.78, 5) is 58.7. The van der Waals surface area contributed by atoms with Crippen molar-refractivity contribution in [3.05, 3.63) is 61.7 Å². The molecule has 11 heteroatoms. The molecule has 188 valence electrons. The molecular weight excluding hydrogens is 460 g/mol. The van der Waals surface area contributed by atoms with Gasteiger partial charge >= 0.3 is 24.0 Å². The van der Waals surface area contributed by atoms with Crippen LogP contribution in [0.1, 0.15) is 12.5 Å². The molecule has 1 aromatic carbocycles. The van der Waals surface area contributed by atoms with Gasteiger partial charge in [-0.2, -0.15) is 0 Å². The Morgan fingerprint density at radius 1 is 0.800 bits per heavy atom. The van der Waals surface area contributed by atoms with Crippen molar-refractivity contribution in [1.29, 1.82) is 0 Å². The summed E-state index contributed by atoms with van der Waals surface area (Å²) in [5.74, 6) is -2.68. The van der Waals surface area contributed by atoms with E-state index in [0.717, 1.165) is 18.2 Å². The predicted octanol–water partition coefficient (Wildman–Crippen LogP) is 2.68. The molecule has 0 unspecified atom stereocenters. The number of carbonyl (C=O) groups excluding carboxylic acids is 5. The third-order valence-corrected chi connectivity index (χ3v) is 4.37. The summed E-state index contributed by atoms with van der Waals surface area (Å²) in [6.45, 7) is 11.1. The summed E-state index contributed by atoms with van der Waals surface area (Å²) in [6.07, 6.45) is 1.83. The molecule has 0 radical (unpaired) electrons. The Labute approximate surface area is 202 Å². The highest BCUT2D eigenvalue weighted by Gasteiger charge is 2.37. The minimum Gasteiger partial charge on any atom is -0.462 e. The van der Waals surface area contributed by atoms with Gasteiger partial charge < -0.3 is 24.3 Å². The van der Waals surface area contributed by atoms with E-state index in [1.54, 1.807) is 19.1 Å². The number of hydrogen-bond acceptors (Lipinski definition) is 9. The standard InChI is InChI=1S/C24H28N2O9/c1-6-20(28)32-12-24(13-33-21(29)7-2,14-34-22(30)8-3)15-35-23(31)26-19-11-18(25-17(5)27)10-9-16(19)4/h6-11H,1-3,12-15H2,4-5H3,(H,25,27)(H,26,31). The second kappa shape index (κ2) is 14.0. The Bertz CT molecular complexity index is 941. The Kier molecular flexibility index (Phi) is 11.4. The minimum atomic E-state index is -1.46. The molecule has 0 aliphatic carbocycles. The monoisotopic (exact) mass is 488 g/mol. The smallest absolute Gasteiger partial charge is 0.411 e. The number of carbonyl (C=O) groups is 5. The zero-order valence-corrected chi connectivity index (χ0v) is 19.6. The van der Waals surface area contributed by atoms with Gasteiger partial charge in [0.25, 0.3) is 0 Å². The molecule has 2 amide bonds. The number of aryl methyl sites for hydroxylation is 1. The average molecular weight is 488 g/mol. The third kappa shape index (κ3) is 10.4. The zero-order chi connectivity index (χ0) is 26.4. The SMILES string of the molecule is C=CC(=O)OCC(COC(=O)C=C)(COC(=O)C=C)COC(=O)Nc1cc(NC(C)=O)ccc1C. The molecule has 0 spiro atoms. The topological polar surface area (TPSA) is 146 Å². The number of hydrogen-bond donors (Lipinski definition) is 2. The number of anilines is 2. The van der Waals surface area contributed by atoms with E-state index in [2.05, 4.69) is 30.4 Å². The first-order valence-electron chi connectivity index (χ1n) is 10.2. The van der Waals surface area contributed by atoms with Gasteiger partial charge in [0.15, 0.2) is 0 Å². The quantitative estimate of drug-likeness (QED) is 0.243. The van der Waals surface area contributed by atoms with Gasteiger partial charge in [0, 0.05) is 36.5 Å². The van der Waals surface area contributed by atoms with Crippen molar-refractivity contribution in [2.45, 2.75) is 13.8 Å². The average Bonchev–Trinajstić information content (AvgIpc) is 2.83. The van der Waals surface area contributed by atoms with Gasteiger partial charge in [-0.05, 0) is 24.6 Å². The summed E-state index contributed by atoms with van der Waals surface area (Å²) in [6, 6.07) is 4.88. The molecule has 0 atom stereocenters. The Hall–Kier alpha value is -4.41. The second-order valence-corrected chi connectivity index (χ2v) is 7.35. The highest BCUT2D eigenvalue weighted by Crippen LogP contribution is 2.23. The first-order chi connectivity index (χ1) is 16.5. The lowest BCUT2D eigenvalue weighted by molar-refractivity contribution is -0.158. The fourth-order valence-corrected chi connectivity index (χ4v) is 2.50. The van der Waals surface area contributed by atoms with E-state index in [1.807, 2.05) is 0 Å². The molecule has 0 aromatic heterocycles. The van der Waals surface area contributed by atoms with E-state index in [-0.39, 0.29) is 5.91 Å². The molecule has 11 nitrogen and oxygen atoms in total. The van der Waals surface area contributed by atoms with Crippen LogP contribution in [0.15, 0.2) is 56.2 Å². The van der Waals surface area contributed by atoms with Crippen LogP contribution in [-0.2, 0) is 38.1 Å². The first kappa shape index (κ1) is 28.6. The van der Waals surface area contributed by atoms with Gasteiger partial charge in [-0.3, -0.25) is 10.1 Å². The van der Waals surface area contributed by atoms with Crippen molar-refractivity contribution in [3.8, 4) is 0 Å². The van der Waals surface area contributed by atoms with Gasteiger partial charge in [-0.1, -0.05) is 25.8 Å².